The first kappa shape index (κ1) is 14.9. The van der Waals surface area contributed by atoms with Crippen molar-refractivity contribution in [2.45, 2.75) is 5.75 Å². The highest BCUT2D eigenvalue weighted by atomic mass is 35.5. The molecule has 1 aliphatic rings. The summed E-state index contributed by atoms with van der Waals surface area (Å²) in [6, 6.07) is 18.5. The minimum absolute atomic E-state index is 0.00483. The first-order valence-corrected chi connectivity index (χ1v) is 8.05. The van der Waals surface area contributed by atoms with E-state index in [1.54, 1.807) is 24.3 Å². The number of benzene rings is 2. The van der Waals surface area contributed by atoms with Crippen LogP contribution in [0.5, 0.6) is 0 Å². The average Bonchev–Trinajstić information content (AvgIpc) is 2.77. The van der Waals surface area contributed by atoms with Gasteiger partial charge in [0.15, 0.2) is 0 Å². The van der Waals surface area contributed by atoms with Crippen molar-refractivity contribution in [1.29, 1.82) is 0 Å². The number of anilines is 1. The number of carbonyl (C=O) groups is 2. The normalized spacial score (nSPS) is 14.9. The Bertz CT molecular complexity index is 744. The standard InChI is InChI=1S/C17H12ClNO2S/c18-14-15(22-11-12-7-3-1-4-8-12)17(21)19(16(14)20)13-9-5-2-6-10-13/h1-10H,11H2. The Hall–Kier alpha value is -2.04. The summed E-state index contributed by atoms with van der Waals surface area (Å²) in [6.45, 7) is 0. The monoisotopic (exact) mass is 329 g/mol. The van der Waals surface area contributed by atoms with Gasteiger partial charge in [-0.3, -0.25) is 9.59 Å². The quantitative estimate of drug-likeness (QED) is 0.797. The van der Waals surface area contributed by atoms with E-state index in [0.29, 0.717) is 16.3 Å². The van der Waals surface area contributed by atoms with Gasteiger partial charge in [0, 0.05) is 5.75 Å². The molecule has 0 spiro atoms. The molecule has 0 saturated carbocycles. The van der Waals surface area contributed by atoms with Gasteiger partial charge in [0.05, 0.1) is 10.6 Å². The van der Waals surface area contributed by atoms with E-state index in [-0.39, 0.29) is 10.9 Å². The molecule has 3 nitrogen and oxygen atoms in total. The third-order valence-electron chi connectivity index (χ3n) is 3.23. The smallest absolute Gasteiger partial charge is 0.268 e. The molecular formula is C17H12ClNO2S. The van der Waals surface area contributed by atoms with Crippen LogP contribution in [-0.4, -0.2) is 11.8 Å². The van der Waals surface area contributed by atoms with Crippen LogP contribution in [0.3, 0.4) is 0 Å². The summed E-state index contributed by atoms with van der Waals surface area (Å²) in [5.74, 6) is -0.232. The summed E-state index contributed by atoms with van der Waals surface area (Å²) in [7, 11) is 0. The molecule has 0 radical (unpaired) electrons. The molecule has 22 heavy (non-hydrogen) atoms. The van der Waals surface area contributed by atoms with Crippen LogP contribution in [0.4, 0.5) is 5.69 Å². The summed E-state index contributed by atoms with van der Waals surface area (Å²) in [6.07, 6.45) is 0. The number of hydrogen-bond donors (Lipinski definition) is 0. The summed E-state index contributed by atoms with van der Waals surface area (Å²) in [5, 5.41) is -0.00483. The molecule has 0 aromatic heterocycles. The van der Waals surface area contributed by atoms with Gasteiger partial charge < -0.3 is 0 Å². The number of hydrogen-bond acceptors (Lipinski definition) is 3. The number of carbonyl (C=O) groups excluding carboxylic acids is 2. The van der Waals surface area contributed by atoms with Gasteiger partial charge in [0.1, 0.15) is 5.03 Å². The van der Waals surface area contributed by atoms with E-state index in [1.807, 2.05) is 36.4 Å². The van der Waals surface area contributed by atoms with Gasteiger partial charge in [0.25, 0.3) is 11.8 Å². The molecule has 0 N–H and O–H groups in total. The first-order valence-electron chi connectivity index (χ1n) is 6.69. The van der Waals surface area contributed by atoms with Gasteiger partial charge in [0.2, 0.25) is 0 Å². The molecule has 0 atom stereocenters. The molecule has 2 aromatic carbocycles. The predicted molar refractivity (Wildman–Crippen MR) is 89.6 cm³/mol. The second-order valence-corrected chi connectivity index (χ2v) is 6.06. The van der Waals surface area contributed by atoms with Crippen molar-refractivity contribution in [2.75, 3.05) is 4.90 Å². The zero-order chi connectivity index (χ0) is 15.5. The van der Waals surface area contributed by atoms with Crippen molar-refractivity contribution < 1.29 is 9.59 Å². The summed E-state index contributed by atoms with van der Waals surface area (Å²) in [4.78, 5) is 26.2. The lowest BCUT2D eigenvalue weighted by atomic mass is 10.2. The lowest BCUT2D eigenvalue weighted by molar-refractivity contribution is -0.120. The molecule has 0 saturated heterocycles. The largest absolute Gasteiger partial charge is 0.278 e. The summed E-state index contributed by atoms with van der Waals surface area (Å²) < 4.78 is 0. The molecule has 2 aromatic rings. The van der Waals surface area contributed by atoms with E-state index in [0.717, 1.165) is 10.5 Å². The average molecular weight is 330 g/mol. The molecule has 1 aliphatic heterocycles. The van der Waals surface area contributed by atoms with Gasteiger partial charge in [-0.2, -0.15) is 0 Å². The Kier molecular flexibility index (Phi) is 4.32. The predicted octanol–water partition coefficient (Wildman–Crippen LogP) is 3.94. The number of thioether (sulfide) groups is 1. The molecule has 110 valence electrons. The van der Waals surface area contributed by atoms with Crippen molar-refractivity contribution in [3.05, 3.63) is 76.2 Å². The SMILES string of the molecule is O=C1C(Cl)=C(SCc2ccccc2)C(=O)N1c1ccccc1. The Morgan fingerprint density at radius 2 is 1.45 bits per heavy atom. The molecular weight excluding hydrogens is 318 g/mol. The fourth-order valence-electron chi connectivity index (χ4n) is 2.15. The van der Waals surface area contributed by atoms with Crippen molar-refractivity contribution >= 4 is 40.9 Å². The van der Waals surface area contributed by atoms with Crippen LogP contribution in [0, 0.1) is 0 Å². The molecule has 2 amide bonds. The van der Waals surface area contributed by atoms with Gasteiger partial charge in [-0.05, 0) is 17.7 Å². The topological polar surface area (TPSA) is 37.4 Å². The van der Waals surface area contributed by atoms with Crippen LogP contribution in [0.15, 0.2) is 70.6 Å². The summed E-state index contributed by atoms with van der Waals surface area (Å²) in [5.41, 5.74) is 1.61. The van der Waals surface area contributed by atoms with E-state index in [2.05, 4.69) is 0 Å². The number of rotatable bonds is 4. The van der Waals surface area contributed by atoms with Crippen molar-refractivity contribution in [2.24, 2.45) is 0 Å². The number of imide groups is 1. The van der Waals surface area contributed by atoms with Crippen LogP contribution in [-0.2, 0) is 15.3 Å². The maximum Gasteiger partial charge on any atom is 0.278 e. The van der Waals surface area contributed by atoms with Crippen molar-refractivity contribution in [1.82, 2.24) is 0 Å². The molecule has 5 heteroatoms. The third-order valence-corrected chi connectivity index (χ3v) is 4.84. The van der Waals surface area contributed by atoms with Crippen molar-refractivity contribution in [3.8, 4) is 0 Å². The highest BCUT2D eigenvalue weighted by Crippen LogP contribution is 2.36. The number of nitrogens with zero attached hydrogens (tertiary/aromatic N) is 1. The molecule has 3 rings (SSSR count). The zero-order valence-electron chi connectivity index (χ0n) is 11.5. The van der Waals surface area contributed by atoms with Crippen LogP contribution < -0.4 is 4.90 Å². The fourth-order valence-corrected chi connectivity index (χ4v) is 3.41. The van der Waals surface area contributed by atoms with E-state index in [1.165, 1.54) is 11.8 Å². The third kappa shape index (κ3) is 2.80. The van der Waals surface area contributed by atoms with E-state index in [9.17, 15) is 9.59 Å². The zero-order valence-corrected chi connectivity index (χ0v) is 13.1. The fraction of sp³-hybridized carbons (Fsp3) is 0.0588. The maximum absolute atomic E-state index is 12.5. The van der Waals surface area contributed by atoms with E-state index >= 15 is 0 Å². The van der Waals surface area contributed by atoms with Gasteiger partial charge >= 0.3 is 0 Å². The number of amides is 2. The second kappa shape index (κ2) is 6.38. The van der Waals surface area contributed by atoms with Gasteiger partial charge in [-0.1, -0.05) is 60.1 Å². The number of para-hydroxylation sites is 1. The van der Waals surface area contributed by atoms with Crippen LogP contribution in [0.2, 0.25) is 0 Å². The summed E-state index contributed by atoms with van der Waals surface area (Å²) >= 11 is 7.37. The minimum Gasteiger partial charge on any atom is -0.268 e. The second-order valence-electron chi connectivity index (χ2n) is 4.70. The van der Waals surface area contributed by atoms with Crippen LogP contribution >= 0.6 is 23.4 Å². The van der Waals surface area contributed by atoms with Crippen LogP contribution in [0.1, 0.15) is 5.56 Å². The Balaban J connectivity index is 1.80. The molecule has 0 aliphatic carbocycles. The molecule has 0 fully saturated rings. The van der Waals surface area contributed by atoms with Gasteiger partial charge in [-0.25, -0.2) is 4.90 Å². The lowest BCUT2D eigenvalue weighted by Gasteiger charge is -2.14. The van der Waals surface area contributed by atoms with E-state index in [4.69, 9.17) is 11.6 Å². The number of halogens is 1. The maximum atomic E-state index is 12.5. The van der Waals surface area contributed by atoms with Crippen molar-refractivity contribution in [3.63, 3.8) is 0 Å². The minimum atomic E-state index is -0.464. The first-order chi connectivity index (χ1) is 10.7. The van der Waals surface area contributed by atoms with E-state index < -0.39 is 5.91 Å². The lowest BCUT2D eigenvalue weighted by Crippen LogP contribution is -2.30. The van der Waals surface area contributed by atoms with Gasteiger partial charge in [-0.15, -0.1) is 11.8 Å². The Morgan fingerprint density at radius 1 is 0.864 bits per heavy atom. The highest BCUT2D eigenvalue weighted by molar-refractivity contribution is 8.03. The highest BCUT2D eigenvalue weighted by Gasteiger charge is 2.38. The molecule has 0 bridgehead atoms. The Morgan fingerprint density at radius 3 is 2.09 bits per heavy atom. The molecule has 1 heterocycles. The van der Waals surface area contributed by atoms with Crippen LogP contribution in [0.25, 0.3) is 0 Å². The molecule has 0 unspecified atom stereocenters. The Labute approximate surface area is 137 Å².